The maximum absolute atomic E-state index is 11.2. The van der Waals surface area contributed by atoms with Crippen LogP contribution in [0, 0.1) is 10.1 Å². The average Bonchev–Trinajstić information content (AvgIpc) is 2.47. The van der Waals surface area contributed by atoms with E-state index in [1.165, 1.54) is 12.1 Å². The van der Waals surface area contributed by atoms with E-state index in [2.05, 4.69) is 0 Å². The van der Waals surface area contributed by atoms with Gasteiger partial charge in [0, 0.05) is 37.0 Å². The van der Waals surface area contributed by atoms with Gasteiger partial charge in [-0.25, -0.2) is 0 Å². The molecule has 0 atom stereocenters. The van der Waals surface area contributed by atoms with E-state index < -0.39 is 10.9 Å². The number of carbonyl (C=O) groups excluding carboxylic acids is 1. The summed E-state index contributed by atoms with van der Waals surface area (Å²) in [4.78, 5) is 23.0. The number of benzene rings is 2. The lowest BCUT2D eigenvalue weighted by Crippen LogP contribution is -2.27. The summed E-state index contributed by atoms with van der Waals surface area (Å²) in [7, 11) is 1.72. The van der Waals surface area contributed by atoms with Gasteiger partial charge in [0.2, 0.25) is 0 Å². The first kappa shape index (κ1) is 14.5. The second kappa shape index (κ2) is 6.04. The van der Waals surface area contributed by atoms with Gasteiger partial charge in [0.1, 0.15) is 0 Å². The number of nitro groups is 1. The molecule has 2 aromatic rings. The van der Waals surface area contributed by atoms with Gasteiger partial charge in [0.15, 0.2) is 0 Å². The highest BCUT2D eigenvalue weighted by molar-refractivity contribution is 5.93. The Kier molecular flexibility index (Phi) is 4.18. The molecular formula is C15H13N2O4-. The normalized spacial score (nSPS) is 10.1. The first-order valence-corrected chi connectivity index (χ1v) is 6.24. The van der Waals surface area contributed by atoms with Gasteiger partial charge in [-0.1, -0.05) is 30.3 Å². The Labute approximate surface area is 121 Å². The summed E-state index contributed by atoms with van der Waals surface area (Å²) in [6.07, 6.45) is 0. The Morgan fingerprint density at radius 1 is 1.19 bits per heavy atom. The SMILES string of the molecule is CN(Cc1ccccc1)c1ccc([N+](=O)[O-])cc1C(=O)[O-]. The summed E-state index contributed by atoms with van der Waals surface area (Å²) >= 11 is 0. The summed E-state index contributed by atoms with van der Waals surface area (Å²) in [5, 5.41) is 21.9. The summed E-state index contributed by atoms with van der Waals surface area (Å²) in [5.41, 5.74) is 0.917. The third-order valence-corrected chi connectivity index (χ3v) is 3.08. The zero-order valence-corrected chi connectivity index (χ0v) is 11.4. The van der Waals surface area contributed by atoms with E-state index in [4.69, 9.17) is 0 Å². The standard InChI is InChI=1S/C15H14N2O4/c1-16(10-11-5-3-2-4-6-11)14-8-7-12(17(20)21)9-13(14)15(18)19/h2-9H,10H2,1H3,(H,18,19)/p-1. The summed E-state index contributed by atoms with van der Waals surface area (Å²) < 4.78 is 0. The molecule has 2 rings (SSSR count). The third kappa shape index (κ3) is 3.36. The zero-order chi connectivity index (χ0) is 15.4. The molecule has 2 aromatic carbocycles. The minimum Gasteiger partial charge on any atom is -0.545 e. The van der Waals surface area contributed by atoms with Gasteiger partial charge >= 0.3 is 0 Å². The second-order valence-electron chi connectivity index (χ2n) is 4.59. The number of hydrogen-bond acceptors (Lipinski definition) is 5. The van der Waals surface area contributed by atoms with Gasteiger partial charge in [0.05, 0.1) is 10.9 Å². The molecule has 0 radical (unpaired) electrons. The van der Waals surface area contributed by atoms with Gasteiger partial charge in [-0.2, -0.15) is 0 Å². The van der Waals surface area contributed by atoms with Crippen molar-refractivity contribution in [2.75, 3.05) is 11.9 Å². The molecule has 0 unspecified atom stereocenters. The van der Waals surface area contributed by atoms with E-state index in [9.17, 15) is 20.0 Å². The van der Waals surface area contributed by atoms with E-state index in [1.54, 1.807) is 11.9 Å². The smallest absolute Gasteiger partial charge is 0.270 e. The molecule has 0 aromatic heterocycles. The lowest BCUT2D eigenvalue weighted by atomic mass is 10.1. The van der Waals surface area contributed by atoms with Crippen molar-refractivity contribution in [3.05, 3.63) is 69.8 Å². The molecule has 0 spiro atoms. The number of nitro benzene ring substituents is 1. The molecule has 0 saturated heterocycles. The molecule has 6 nitrogen and oxygen atoms in total. The highest BCUT2D eigenvalue weighted by Gasteiger charge is 2.14. The number of aromatic carboxylic acids is 1. The molecule has 0 saturated carbocycles. The van der Waals surface area contributed by atoms with Crippen LogP contribution in [0.15, 0.2) is 48.5 Å². The van der Waals surface area contributed by atoms with Crippen molar-refractivity contribution in [2.45, 2.75) is 6.54 Å². The van der Waals surface area contributed by atoms with Crippen molar-refractivity contribution in [2.24, 2.45) is 0 Å². The molecule has 108 valence electrons. The first-order valence-electron chi connectivity index (χ1n) is 6.24. The quantitative estimate of drug-likeness (QED) is 0.615. The Bertz CT molecular complexity index is 671. The van der Waals surface area contributed by atoms with Crippen molar-refractivity contribution in [1.29, 1.82) is 0 Å². The Morgan fingerprint density at radius 3 is 2.43 bits per heavy atom. The van der Waals surface area contributed by atoms with E-state index in [0.717, 1.165) is 11.6 Å². The van der Waals surface area contributed by atoms with Crippen LogP contribution in [-0.4, -0.2) is 17.9 Å². The lowest BCUT2D eigenvalue weighted by molar-refractivity contribution is -0.385. The average molecular weight is 285 g/mol. The summed E-state index contributed by atoms with van der Waals surface area (Å²) in [6, 6.07) is 13.2. The van der Waals surface area contributed by atoms with E-state index >= 15 is 0 Å². The molecule has 0 amide bonds. The third-order valence-electron chi connectivity index (χ3n) is 3.08. The molecular weight excluding hydrogens is 272 g/mol. The summed E-state index contributed by atoms with van der Waals surface area (Å²) in [6.45, 7) is 0.485. The van der Waals surface area contributed by atoms with Crippen molar-refractivity contribution in [3.63, 3.8) is 0 Å². The minimum atomic E-state index is -1.44. The maximum Gasteiger partial charge on any atom is 0.270 e. The van der Waals surface area contributed by atoms with Crippen LogP contribution in [0.4, 0.5) is 11.4 Å². The largest absolute Gasteiger partial charge is 0.545 e. The highest BCUT2D eigenvalue weighted by Crippen LogP contribution is 2.25. The Balaban J connectivity index is 2.34. The van der Waals surface area contributed by atoms with Crippen LogP contribution < -0.4 is 10.0 Å². The van der Waals surface area contributed by atoms with Gasteiger partial charge in [-0.3, -0.25) is 10.1 Å². The van der Waals surface area contributed by atoms with Crippen molar-refractivity contribution < 1.29 is 14.8 Å². The molecule has 0 aliphatic rings. The highest BCUT2D eigenvalue weighted by atomic mass is 16.6. The minimum absolute atomic E-state index is 0.192. The maximum atomic E-state index is 11.2. The number of carboxylic acid groups (broad SMARTS) is 1. The molecule has 0 aliphatic carbocycles. The van der Waals surface area contributed by atoms with Crippen LogP contribution in [0.1, 0.15) is 15.9 Å². The summed E-state index contributed by atoms with van der Waals surface area (Å²) in [5.74, 6) is -1.44. The van der Waals surface area contributed by atoms with Crippen LogP contribution in [0.5, 0.6) is 0 Å². The van der Waals surface area contributed by atoms with Crippen LogP contribution in [0.3, 0.4) is 0 Å². The molecule has 6 heteroatoms. The van der Waals surface area contributed by atoms with Crippen molar-refractivity contribution in [3.8, 4) is 0 Å². The van der Waals surface area contributed by atoms with Gasteiger partial charge < -0.3 is 14.8 Å². The number of carboxylic acids is 1. The topological polar surface area (TPSA) is 86.5 Å². The lowest BCUT2D eigenvalue weighted by Gasteiger charge is -2.23. The van der Waals surface area contributed by atoms with E-state index in [0.29, 0.717) is 12.2 Å². The van der Waals surface area contributed by atoms with E-state index in [-0.39, 0.29) is 11.3 Å². The molecule has 0 N–H and O–H groups in total. The van der Waals surface area contributed by atoms with Crippen molar-refractivity contribution in [1.82, 2.24) is 0 Å². The van der Waals surface area contributed by atoms with E-state index in [1.807, 2.05) is 30.3 Å². The Hall–Kier alpha value is -2.89. The molecule has 0 aliphatic heterocycles. The predicted octanol–water partition coefficient (Wildman–Crippen LogP) is 1.59. The van der Waals surface area contributed by atoms with Crippen molar-refractivity contribution >= 4 is 17.3 Å². The van der Waals surface area contributed by atoms with Gasteiger partial charge in [0.25, 0.3) is 5.69 Å². The predicted molar refractivity (Wildman–Crippen MR) is 76.0 cm³/mol. The number of nitrogens with zero attached hydrogens (tertiary/aromatic N) is 2. The molecule has 21 heavy (non-hydrogen) atoms. The molecule has 0 heterocycles. The fourth-order valence-corrected chi connectivity index (χ4v) is 2.08. The molecule has 0 bridgehead atoms. The van der Waals surface area contributed by atoms with Crippen LogP contribution >= 0.6 is 0 Å². The fraction of sp³-hybridized carbons (Fsp3) is 0.133. The molecule has 0 fully saturated rings. The zero-order valence-electron chi connectivity index (χ0n) is 11.4. The van der Waals surface area contributed by atoms with Gasteiger partial charge in [-0.15, -0.1) is 0 Å². The van der Waals surface area contributed by atoms with Gasteiger partial charge in [-0.05, 0) is 11.6 Å². The Morgan fingerprint density at radius 2 is 1.86 bits per heavy atom. The van der Waals surface area contributed by atoms with Crippen LogP contribution in [-0.2, 0) is 6.54 Å². The van der Waals surface area contributed by atoms with Crippen LogP contribution in [0.2, 0.25) is 0 Å². The second-order valence-corrected chi connectivity index (χ2v) is 4.59. The number of hydrogen-bond donors (Lipinski definition) is 0. The monoisotopic (exact) mass is 285 g/mol. The number of carbonyl (C=O) groups is 1. The first-order chi connectivity index (χ1) is 9.99. The fourth-order valence-electron chi connectivity index (χ4n) is 2.08. The number of non-ortho nitro benzene ring substituents is 1. The number of anilines is 1. The number of rotatable bonds is 5. The van der Waals surface area contributed by atoms with Crippen LogP contribution in [0.25, 0.3) is 0 Å².